The highest BCUT2D eigenvalue weighted by molar-refractivity contribution is 8.13. The van der Waals surface area contributed by atoms with Gasteiger partial charge in [-0.25, -0.2) is 4.79 Å². The van der Waals surface area contributed by atoms with Crippen molar-refractivity contribution in [2.75, 3.05) is 19.4 Å². The number of aliphatic hydroxyl groups excluding tert-OH is 1. The number of rotatable bonds is 4. The van der Waals surface area contributed by atoms with Gasteiger partial charge in [0.1, 0.15) is 6.04 Å². The van der Waals surface area contributed by atoms with Gasteiger partial charge in [0.25, 0.3) is 0 Å². The van der Waals surface area contributed by atoms with Crippen LogP contribution in [-0.4, -0.2) is 58.6 Å². The highest BCUT2D eigenvalue weighted by atomic mass is 32.2. The number of thioether (sulfide) groups is 1. The largest absolute Gasteiger partial charge is 0.467 e. The molecule has 1 aliphatic heterocycles. The minimum Gasteiger partial charge on any atom is -0.467 e. The number of hydrogen-bond donors (Lipinski definition) is 1. The Balaban J connectivity index is 2.67. The van der Waals surface area contributed by atoms with Crippen LogP contribution in [0.2, 0.25) is 0 Å². The second-order valence-electron chi connectivity index (χ2n) is 4.62. The van der Waals surface area contributed by atoms with E-state index in [0.717, 1.165) is 11.8 Å². The van der Waals surface area contributed by atoms with E-state index in [9.17, 15) is 19.5 Å². The molecule has 0 aromatic rings. The lowest BCUT2D eigenvalue weighted by Gasteiger charge is -2.25. The molecule has 1 fully saturated rings. The first-order chi connectivity index (χ1) is 8.86. The first-order valence-electron chi connectivity index (χ1n) is 6.06. The summed E-state index contributed by atoms with van der Waals surface area (Å²) in [5.74, 6) is -0.766. The number of carbonyl (C=O) groups excluding carboxylic acids is 3. The molecule has 1 heterocycles. The van der Waals surface area contributed by atoms with E-state index in [0.29, 0.717) is 5.75 Å². The van der Waals surface area contributed by atoms with Gasteiger partial charge >= 0.3 is 5.97 Å². The number of methoxy groups -OCH3 is 1. The van der Waals surface area contributed by atoms with Crippen molar-refractivity contribution < 1.29 is 24.2 Å². The van der Waals surface area contributed by atoms with Gasteiger partial charge in [-0.3, -0.25) is 9.59 Å². The van der Waals surface area contributed by atoms with Gasteiger partial charge in [0.05, 0.1) is 13.2 Å². The van der Waals surface area contributed by atoms with E-state index in [4.69, 9.17) is 0 Å². The van der Waals surface area contributed by atoms with Gasteiger partial charge in [0.2, 0.25) is 5.91 Å². The Bertz CT molecular complexity index is 373. The fourth-order valence-corrected chi connectivity index (χ4v) is 2.64. The van der Waals surface area contributed by atoms with E-state index in [2.05, 4.69) is 4.74 Å². The number of ether oxygens (including phenoxy) is 1. The van der Waals surface area contributed by atoms with Crippen LogP contribution in [0.25, 0.3) is 0 Å². The zero-order valence-electron chi connectivity index (χ0n) is 11.3. The molecule has 6 nitrogen and oxygen atoms in total. The standard InChI is InChI=1S/C12H19NO5S/c1-7(6-19-8(2)14)11(16)13-5-9(15)4-10(13)12(17)18-3/h7,9-10,15H,4-6H2,1-3H3. The Morgan fingerprint density at radius 3 is 2.63 bits per heavy atom. The summed E-state index contributed by atoms with van der Waals surface area (Å²) in [6, 6.07) is -0.725. The summed E-state index contributed by atoms with van der Waals surface area (Å²) in [7, 11) is 1.25. The topological polar surface area (TPSA) is 83.9 Å². The van der Waals surface area contributed by atoms with Crippen molar-refractivity contribution >= 4 is 28.8 Å². The van der Waals surface area contributed by atoms with E-state index >= 15 is 0 Å². The Kier molecular flexibility index (Phi) is 5.81. The highest BCUT2D eigenvalue weighted by Crippen LogP contribution is 2.22. The summed E-state index contributed by atoms with van der Waals surface area (Å²) in [4.78, 5) is 36.0. The van der Waals surface area contributed by atoms with Crippen molar-refractivity contribution in [3.8, 4) is 0 Å². The first-order valence-corrected chi connectivity index (χ1v) is 7.05. The Hall–Kier alpha value is -1.08. The summed E-state index contributed by atoms with van der Waals surface area (Å²) in [6.07, 6.45) is -0.508. The lowest BCUT2D eigenvalue weighted by molar-refractivity contribution is -0.151. The number of nitrogens with zero attached hydrogens (tertiary/aromatic N) is 1. The van der Waals surface area contributed by atoms with Crippen LogP contribution in [0.1, 0.15) is 20.3 Å². The summed E-state index contributed by atoms with van der Waals surface area (Å²) in [5.41, 5.74) is 0. The van der Waals surface area contributed by atoms with Crippen LogP contribution in [0.3, 0.4) is 0 Å². The van der Waals surface area contributed by atoms with Gasteiger partial charge in [-0.05, 0) is 0 Å². The molecule has 0 saturated carbocycles. The summed E-state index contributed by atoms with van der Waals surface area (Å²) >= 11 is 1.08. The Labute approximate surface area is 116 Å². The molecule has 7 heteroatoms. The van der Waals surface area contributed by atoms with E-state index < -0.39 is 18.1 Å². The molecule has 108 valence electrons. The zero-order chi connectivity index (χ0) is 14.6. The van der Waals surface area contributed by atoms with Crippen LogP contribution in [0.5, 0.6) is 0 Å². The molecule has 1 aliphatic rings. The maximum absolute atomic E-state index is 12.2. The van der Waals surface area contributed by atoms with E-state index in [1.807, 2.05) is 0 Å². The molecule has 19 heavy (non-hydrogen) atoms. The number of aliphatic hydroxyl groups is 1. The number of amides is 1. The van der Waals surface area contributed by atoms with Gasteiger partial charge in [0.15, 0.2) is 5.12 Å². The van der Waals surface area contributed by atoms with Gasteiger partial charge in [-0.15, -0.1) is 0 Å². The molecule has 3 unspecified atom stereocenters. The predicted octanol–water partition coefficient (Wildman–Crippen LogP) is 0.0370. The van der Waals surface area contributed by atoms with Crippen molar-refractivity contribution in [2.24, 2.45) is 5.92 Å². The molecular formula is C12H19NO5S. The molecular weight excluding hydrogens is 270 g/mol. The van der Waals surface area contributed by atoms with Crippen molar-refractivity contribution in [2.45, 2.75) is 32.4 Å². The predicted molar refractivity (Wildman–Crippen MR) is 70.4 cm³/mol. The molecule has 1 rings (SSSR count). The third-order valence-electron chi connectivity index (χ3n) is 2.99. The van der Waals surface area contributed by atoms with Crippen molar-refractivity contribution in [1.82, 2.24) is 4.90 Å². The van der Waals surface area contributed by atoms with E-state index in [1.165, 1.54) is 18.9 Å². The SMILES string of the molecule is COC(=O)C1CC(O)CN1C(=O)C(C)CSC(C)=O. The van der Waals surface area contributed by atoms with Gasteiger partial charge in [-0.2, -0.15) is 0 Å². The molecule has 0 spiro atoms. The van der Waals surface area contributed by atoms with Crippen LogP contribution in [0.4, 0.5) is 0 Å². The van der Waals surface area contributed by atoms with E-state index in [1.54, 1.807) is 6.92 Å². The molecule has 0 aromatic carbocycles. The second kappa shape index (κ2) is 6.91. The third-order valence-corrected chi connectivity index (χ3v) is 4.07. The van der Waals surface area contributed by atoms with Crippen molar-refractivity contribution in [3.63, 3.8) is 0 Å². The molecule has 1 amide bonds. The first kappa shape index (κ1) is 16.0. The summed E-state index contributed by atoms with van der Waals surface area (Å²) in [5, 5.41) is 9.55. The monoisotopic (exact) mass is 289 g/mol. The van der Waals surface area contributed by atoms with E-state index in [-0.39, 0.29) is 29.9 Å². The molecule has 0 aliphatic carbocycles. The van der Waals surface area contributed by atoms with Crippen LogP contribution < -0.4 is 0 Å². The lowest BCUT2D eigenvalue weighted by atomic mass is 10.1. The number of esters is 1. The average Bonchev–Trinajstić information content (AvgIpc) is 2.75. The Morgan fingerprint density at radius 2 is 2.11 bits per heavy atom. The van der Waals surface area contributed by atoms with Gasteiger partial charge in [0, 0.05) is 31.6 Å². The van der Waals surface area contributed by atoms with Gasteiger partial charge < -0.3 is 14.7 Å². The number of β-amino-alcohol motifs (C(OH)–C–C–N with tert-alkyl or cyclic N) is 1. The molecule has 0 aromatic heterocycles. The van der Waals surface area contributed by atoms with Crippen LogP contribution >= 0.6 is 11.8 Å². The number of likely N-dealkylation sites (tertiary alicyclic amines) is 1. The number of hydrogen-bond acceptors (Lipinski definition) is 6. The molecule has 3 atom stereocenters. The number of carbonyl (C=O) groups is 3. The summed E-state index contributed by atoms with van der Waals surface area (Å²) in [6.45, 7) is 3.28. The van der Waals surface area contributed by atoms with Gasteiger partial charge in [-0.1, -0.05) is 18.7 Å². The maximum Gasteiger partial charge on any atom is 0.328 e. The highest BCUT2D eigenvalue weighted by Gasteiger charge is 2.40. The molecule has 1 saturated heterocycles. The van der Waals surface area contributed by atoms with Crippen molar-refractivity contribution in [1.29, 1.82) is 0 Å². The zero-order valence-corrected chi connectivity index (χ0v) is 12.1. The third kappa shape index (κ3) is 4.21. The molecule has 0 radical (unpaired) electrons. The minimum absolute atomic E-state index is 0.0503. The molecule has 1 N–H and O–H groups in total. The van der Waals surface area contributed by atoms with Crippen LogP contribution in [0.15, 0.2) is 0 Å². The normalized spacial score (nSPS) is 24.1. The lowest BCUT2D eigenvalue weighted by Crippen LogP contribution is -2.44. The van der Waals surface area contributed by atoms with Crippen LogP contribution in [-0.2, 0) is 19.1 Å². The second-order valence-corrected chi connectivity index (χ2v) is 5.82. The smallest absolute Gasteiger partial charge is 0.328 e. The quantitative estimate of drug-likeness (QED) is 0.736. The fourth-order valence-electron chi connectivity index (χ4n) is 2.01. The minimum atomic E-state index is -0.725. The van der Waals surface area contributed by atoms with Crippen molar-refractivity contribution in [3.05, 3.63) is 0 Å². The average molecular weight is 289 g/mol. The molecule has 0 bridgehead atoms. The fraction of sp³-hybridized carbons (Fsp3) is 0.750. The maximum atomic E-state index is 12.2. The Morgan fingerprint density at radius 1 is 1.47 bits per heavy atom. The van der Waals surface area contributed by atoms with Crippen LogP contribution in [0, 0.1) is 5.92 Å². The summed E-state index contributed by atoms with van der Waals surface area (Å²) < 4.78 is 4.64.